The van der Waals surface area contributed by atoms with E-state index in [-0.39, 0.29) is 16.2 Å². The zero-order valence-electron chi connectivity index (χ0n) is 15.7. The molecule has 27 heavy (non-hydrogen) atoms. The highest BCUT2D eigenvalue weighted by Gasteiger charge is 2.26. The van der Waals surface area contributed by atoms with E-state index in [4.69, 9.17) is 16.3 Å². The molecule has 1 amide bonds. The second kappa shape index (κ2) is 8.73. The lowest BCUT2D eigenvalue weighted by Gasteiger charge is -2.20. The van der Waals surface area contributed by atoms with Crippen molar-refractivity contribution < 1.29 is 17.9 Å². The Morgan fingerprint density at radius 1 is 1.15 bits per heavy atom. The molecule has 0 aliphatic carbocycles. The molecule has 2 aromatic carbocycles. The van der Waals surface area contributed by atoms with Gasteiger partial charge in [-0.1, -0.05) is 31.5 Å². The van der Waals surface area contributed by atoms with Crippen LogP contribution in [-0.4, -0.2) is 38.8 Å². The summed E-state index contributed by atoms with van der Waals surface area (Å²) in [6.45, 7) is 5.99. The van der Waals surface area contributed by atoms with Crippen molar-refractivity contribution in [3.05, 3.63) is 52.5 Å². The summed E-state index contributed by atoms with van der Waals surface area (Å²) < 4.78 is 32.3. The molecular weight excluding hydrogens is 388 g/mol. The van der Waals surface area contributed by atoms with Crippen molar-refractivity contribution in [1.82, 2.24) is 4.31 Å². The fraction of sp³-hybridized carbons (Fsp3) is 0.316. The van der Waals surface area contributed by atoms with Crippen LogP contribution in [-0.2, 0) is 10.0 Å². The van der Waals surface area contributed by atoms with E-state index >= 15 is 0 Å². The molecule has 6 nitrogen and oxygen atoms in total. The molecule has 0 fully saturated rings. The lowest BCUT2D eigenvalue weighted by Crippen LogP contribution is -2.31. The Balaban J connectivity index is 2.44. The molecule has 0 bridgehead atoms. The number of amides is 1. The summed E-state index contributed by atoms with van der Waals surface area (Å²) in [7, 11) is -2.39. The molecule has 0 heterocycles. The number of anilines is 1. The number of halogens is 1. The number of nitrogens with one attached hydrogen (secondary N) is 1. The van der Waals surface area contributed by atoms with E-state index in [1.807, 2.05) is 6.92 Å². The predicted molar refractivity (Wildman–Crippen MR) is 107 cm³/mol. The zero-order chi connectivity index (χ0) is 20.2. The molecule has 0 saturated heterocycles. The Labute approximate surface area is 165 Å². The molecule has 0 atom stereocenters. The summed E-state index contributed by atoms with van der Waals surface area (Å²) in [4.78, 5) is 12.6. The quantitative estimate of drug-likeness (QED) is 0.750. The van der Waals surface area contributed by atoms with E-state index in [2.05, 4.69) is 5.32 Å². The molecule has 0 aromatic heterocycles. The molecule has 8 heteroatoms. The summed E-state index contributed by atoms with van der Waals surface area (Å²) in [6, 6.07) is 9.51. The normalized spacial score (nSPS) is 11.5. The number of ether oxygens (including phenoxy) is 1. The van der Waals surface area contributed by atoms with Gasteiger partial charge < -0.3 is 10.1 Å². The average molecular weight is 411 g/mol. The Morgan fingerprint density at radius 2 is 1.81 bits per heavy atom. The number of sulfonamides is 1. The van der Waals surface area contributed by atoms with Gasteiger partial charge in [-0.25, -0.2) is 8.42 Å². The van der Waals surface area contributed by atoms with Crippen molar-refractivity contribution in [1.29, 1.82) is 0 Å². The van der Waals surface area contributed by atoms with Crippen LogP contribution < -0.4 is 10.1 Å². The van der Waals surface area contributed by atoms with Gasteiger partial charge >= 0.3 is 0 Å². The van der Waals surface area contributed by atoms with Gasteiger partial charge in [0.15, 0.2) is 0 Å². The van der Waals surface area contributed by atoms with E-state index in [0.29, 0.717) is 23.8 Å². The maximum atomic E-state index is 12.9. The lowest BCUT2D eigenvalue weighted by molar-refractivity contribution is 0.102. The van der Waals surface area contributed by atoms with Gasteiger partial charge in [-0.3, -0.25) is 4.79 Å². The van der Waals surface area contributed by atoms with Crippen LogP contribution in [0.5, 0.6) is 5.75 Å². The van der Waals surface area contributed by atoms with E-state index in [1.54, 1.807) is 32.0 Å². The maximum Gasteiger partial charge on any atom is 0.255 e. The summed E-state index contributed by atoms with van der Waals surface area (Å²) in [5.74, 6) is -0.239. The molecule has 2 rings (SSSR count). The highest BCUT2D eigenvalue weighted by atomic mass is 35.5. The molecule has 0 saturated carbocycles. The van der Waals surface area contributed by atoms with Crippen LogP contribution in [0.3, 0.4) is 0 Å². The summed E-state index contributed by atoms with van der Waals surface area (Å²) in [5.41, 5.74) is 1.62. The van der Waals surface area contributed by atoms with E-state index in [9.17, 15) is 13.2 Å². The first-order chi connectivity index (χ1) is 12.7. The largest absolute Gasteiger partial charge is 0.495 e. The number of carbonyl (C=O) groups excluding carboxylic acids is 1. The van der Waals surface area contributed by atoms with Crippen LogP contribution in [0, 0.1) is 6.92 Å². The highest BCUT2D eigenvalue weighted by Crippen LogP contribution is 2.28. The summed E-state index contributed by atoms with van der Waals surface area (Å²) in [5, 5.41) is 3.26. The van der Waals surface area contributed by atoms with Crippen molar-refractivity contribution in [2.75, 3.05) is 25.5 Å². The third kappa shape index (κ3) is 4.61. The van der Waals surface area contributed by atoms with Crippen molar-refractivity contribution in [2.45, 2.75) is 25.7 Å². The number of benzene rings is 2. The lowest BCUT2D eigenvalue weighted by atomic mass is 10.1. The fourth-order valence-corrected chi connectivity index (χ4v) is 4.46. The SMILES string of the molecule is CCN(CC)S(=O)(=O)c1cc(C(=O)Nc2cc(Cl)ccc2C)ccc1OC. The minimum absolute atomic E-state index is 0.0378. The van der Waals surface area contributed by atoms with Gasteiger partial charge in [0.05, 0.1) is 7.11 Å². The van der Waals surface area contributed by atoms with Crippen LogP contribution >= 0.6 is 11.6 Å². The molecule has 0 aliphatic rings. The van der Waals surface area contributed by atoms with Gasteiger partial charge in [0.25, 0.3) is 5.91 Å². The molecule has 0 spiro atoms. The van der Waals surface area contributed by atoms with Crippen molar-refractivity contribution in [3.63, 3.8) is 0 Å². The maximum absolute atomic E-state index is 12.9. The highest BCUT2D eigenvalue weighted by molar-refractivity contribution is 7.89. The summed E-state index contributed by atoms with van der Waals surface area (Å²) >= 11 is 5.99. The van der Waals surface area contributed by atoms with Crippen molar-refractivity contribution >= 4 is 33.2 Å². The standard InChI is InChI=1S/C19H23ClN2O4S/c1-5-22(6-2)27(24,25)18-11-14(8-10-17(18)26-4)19(23)21-16-12-15(20)9-7-13(16)3/h7-12H,5-6H2,1-4H3,(H,21,23). The van der Waals surface area contributed by atoms with Crippen LogP contribution in [0.25, 0.3) is 0 Å². The minimum atomic E-state index is -3.78. The Morgan fingerprint density at radius 3 is 2.41 bits per heavy atom. The van der Waals surface area contributed by atoms with Gasteiger partial charge in [-0.2, -0.15) is 4.31 Å². The zero-order valence-corrected chi connectivity index (χ0v) is 17.3. The second-order valence-corrected chi connectivity index (χ2v) is 8.21. The number of hydrogen-bond acceptors (Lipinski definition) is 4. The Hall–Kier alpha value is -2.09. The number of aryl methyl sites for hydroxylation is 1. The van der Waals surface area contributed by atoms with Crippen LogP contribution in [0.2, 0.25) is 5.02 Å². The minimum Gasteiger partial charge on any atom is -0.495 e. The van der Waals surface area contributed by atoms with Gasteiger partial charge in [0.1, 0.15) is 10.6 Å². The number of rotatable bonds is 7. The monoisotopic (exact) mass is 410 g/mol. The molecule has 2 aromatic rings. The fourth-order valence-electron chi connectivity index (χ4n) is 2.65. The molecule has 146 valence electrons. The van der Waals surface area contributed by atoms with Crippen LogP contribution in [0.1, 0.15) is 29.8 Å². The average Bonchev–Trinajstić information content (AvgIpc) is 2.64. The molecule has 0 unspecified atom stereocenters. The predicted octanol–water partition coefficient (Wildman–Crippen LogP) is 3.94. The first-order valence-electron chi connectivity index (χ1n) is 8.50. The number of nitrogens with zero attached hydrogens (tertiary/aromatic N) is 1. The van der Waals surface area contributed by atoms with Crippen molar-refractivity contribution in [3.8, 4) is 5.75 Å². The summed E-state index contributed by atoms with van der Waals surface area (Å²) in [6.07, 6.45) is 0. The van der Waals surface area contributed by atoms with Crippen LogP contribution in [0.15, 0.2) is 41.3 Å². The molecule has 0 aliphatic heterocycles. The first kappa shape index (κ1) is 21.2. The van der Waals surface area contributed by atoms with Gasteiger partial charge in [0.2, 0.25) is 10.0 Å². The molecular formula is C19H23ClN2O4S. The van der Waals surface area contributed by atoms with Crippen molar-refractivity contribution in [2.24, 2.45) is 0 Å². The Bertz CT molecular complexity index is 941. The topological polar surface area (TPSA) is 75.7 Å². The van der Waals surface area contributed by atoms with Gasteiger partial charge in [0, 0.05) is 29.4 Å². The number of carbonyl (C=O) groups is 1. The number of methoxy groups -OCH3 is 1. The molecule has 1 N–H and O–H groups in total. The van der Waals surface area contributed by atoms with E-state index in [1.165, 1.54) is 29.6 Å². The Kier molecular flexibility index (Phi) is 6.86. The van der Waals surface area contributed by atoms with Gasteiger partial charge in [-0.05, 0) is 42.8 Å². The number of hydrogen-bond donors (Lipinski definition) is 1. The third-order valence-corrected chi connectivity index (χ3v) is 6.50. The smallest absolute Gasteiger partial charge is 0.255 e. The van der Waals surface area contributed by atoms with E-state index in [0.717, 1.165) is 5.56 Å². The van der Waals surface area contributed by atoms with Gasteiger partial charge in [-0.15, -0.1) is 0 Å². The second-order valence-electron chi connectivity index (χ2n) is 5.87. The van der Waals surface area contributed by atoms with Crippen LogP contribution in [0.4, 0.5) is 5.69 Å². The molecule has 0 radical (unpaired) electrons. The third-order valence-electron chi connectivity index (χ3n) is 4.20. The first-order valence-corrected chi connectivity index (χ1v) is 10.3. The van der Waals surface area contributed by atoms with E-state index < -0.39 is 15.9 Å².